The van der Waals surface area contributed by atoms with Crippen molar-refractivity contribution in [3.63, 3.8) is 0 Å². The largest absolute Gasteiger partial charge is 0.462 e. The van der Waals surface area contributed by atoms with Crippen molar-refractivity contribution in [2.45, 2.75) is 275 Å². The van der Waals surface area contributed by atoms with Crippen molar-refractivity contribution in [2.75, 3.05) is 19.8 Å². The maximum absolute atomic E-state index is 12.8. The van der Waals surface area contributed by atoms with Gasteiger partial charge in [-0.05, 0) is 38.5 Å². The molecule has 1 saturated heterocycles. The van der Waals surface area contributed by atoms with Gasteiger partial charge in [-0.25, -0.2) is 0 Å². The van der Waals surface area contributed by atoms with E-state index in [1.807, 2.05) is 0 Å². The van der Waals surface area contributed by atoms with Crippen LogP contribution in [0.25, 0.3) is 0 Å². The summed E-state index contributed by atoms with van der Waals surface area (Å²) in [6.45, 7) is 3.44. The van der Waals surface area contributed by atoms with Crippen LogP contribution in [0.2, 0.25) is 0 Å². The van der Waals surface area contributed by atoms with Crippen molar-refractivity contribution in [1.29, 1.82) is 0 Å². The van der Waals surface area contributed by atoms with Crippen LogP contribution in [-0.4, -0.2) is 89.0 Å². The van der Waals surface area contributed by atoms with Crippen LogP contribution in [0.4, 0.5) is 0 Å². The second-order valence-electron chi connectivity index (χ2n) is 17.6. The second kappa shape index (κ2) is 41.5. The van der Waals surface area contributed by atoms with Crippen molar-refractivity contribution < 1.29 is 49.0 Å². The Balaban J connectivity index is 2.24. The summed E-state index contributed by atoms with van der Waals surface area (Å²) >= 11 is 0. The van der Waals surface area contributed by atoms with Gasteiger partial charge in [-0.1, -0.05) is 199 Å². The number of ether oxygens (including phenoxy) is 4. The first-order chi connectivity index (χ1) is 29.3. The molecule has 6 atom stereocenters. The normalized spacial score (nSPS) is 19.9. The smallest absolute Gasteiger partial charge is 0.306 e. The van der Waals surface area contributed by atoms with E-state index in [9.17, 15) is 30.0 Å². The number of unbranched alkanes of at least 4 members (excludes halogenated alkanes) is 30. The summed E-state index contributed by atoms with van der Waals surface area (Å²) < 4.78 is 22.2. The van der Waals surface area contributed by atoms with Gasteiger partial charge >= 0.3 is 11.9 Å². The number of carbonyl (C=O) groups is 2. The summed E-state index contributed by atoms with van der Waals surface area (Å²) in [7, 11) is 0. The van der Waals surface area contributed by atoms with Crippen LogP contribution in [0.1, 0.15) is 239 Å². The molecule has 0 aromatic carbocycles. The fourth-order valence-corrected chi connectivity index (χ4v) is 7.89. The molecule has 60 heavy (non-hydrogen) atoms. The third-order valence-corrected chi connectivity index (χ3v) is 11.9. The van der Waals surface area contributed by atoms with Crippen LogP contribution >= 0.6 is 0 Å². The molecular weight excluding hydrogens is 761 g/mol. The molecule has 10 nitrogen and oxygen atoms in total. The molecule has 0 spiro atoms. The summed E-state index contributed by atoms with van der Waals surface area (Å²) in [6.07, 6.45) is 37.9. The van der Waals surface area contributed by atoms with Gasteiger partial charge in [0.15, 0.2) is 12.4 Å². The van der Waals surface area contributed by atoms with E-state index in [0.29, 0.717) is 6.42 Å². The minimum atomic E-state index is -1.59. The van der Waals surface area contributed by atoms with Crippen molar-refractivity contribution >= 4 is 11.9 Å². The van der Waals surface area contributed by atoms with Gasteiger partial charge in [0.25, 0.3) is 0 Å². The summed E-state index contributed by atoms with van der Waals surface area (Å²) in [5.41, 5.74) is 0. The SMILES string of the molecule is CCCCCCC/C=C\CCCCCCCC(=O)OC(COC(=O)CCCCCCCCCCCCCCCCCCCCCCC)COC1OC(CO)C(O)C(O)C1O. The lowest BCUT2D eigenvalue weighted by atomic mass is 9.99. The van der Waals surface area contributed by atoms with Gasteiger partial charge in [-0.2, -0.15) is 0 Å². The van der Waals surface area contributed by atoms with E-state index in [4.69, 9.17) is 18.9 Å². The van der Waals surface area contributed by atoms with Gasteiger partial charge < -0.3 is 39.4 Å². The molecule has 0 aromatic rings. The Bertz CT molecular complexity index is 990. The Labute approximate surface area is 367 Å². The third kappa shape index (κ3) is 32.2. The van der Waals surface area contributed by atoms with Crippen molar-refractivity contribution in [3.05, 3.63) is 12.2 Å². The van der Waals surface area contributed by atoms with Gasteiger partial charge in [0, 0.05) is 12.8 Å². The lowest BCUT2D eigenvalue weighted by molar-refractivity contribution is -0.305. The number of hydrogen-bond acceptors (Lipinski definition) is 10. The molecule has 1 heterocycles. The molecule has 0 saturated carbocycles. The molecule has 1 aliphatic heterocycles. The molecule has 0 bridgehead atoms. The molecule has 4 N–H and O–H groups in total. The van der Waals surface area contributed by atoms with E-state index >= 15 is 0 Å². The molecule has 0 radical (unpaired) electrons. The zero-order valence-corrected chi connectivity index (χ0v) is 38.7. The van der Waals surface area contributed by atoms with Crippen molar-refractivity contribution in [2.24, 2.45) is 0 Å². The highest BCUT2D eigenvalue weighted by Crippen LogP contribution is 2.23. The number of rotatable bonds is 43. The zero-order valence-electron chi connectivity index (χ0n) is 38.7. The molecule has 1 fully saturated rings. The molecule has 1 rings (SSSR count). The predicted molar refractivity (Wildman–Crippen MR) is 243 cm³/mol. The Morgan fingerprint density at radius 2 is 0.883 bits per heavy atom. The first kappa shape index (κ1) is 56.5. The molecular formula is C50H94O10. The summed E-state index contributed by atoms with van der Waals surface area (Å²) in [5.74, 6) is -0.803. The lowest BCUT2D eigenvalue weighted by Gasteiger charge is -2.39. The predicted octanol–water partition coefficient (Wildman–Crippen LogP) is 11.5. The molecule has 10 heteroatoms. The summed E-state index contributed by atoms with van der Waals surface area (Å²) in [4.78, 5) is 25.4. The highest BCUT2D eigenvalue weighted by molar-refractivity contribution is 5.70. The van der Waals surface area contributed by atoms with E-state index in [1.165, 1.54) is 154 Å². The number of hydrogen-bond donors (Lipinski definition) is 4. The monoisotopic (exact) mass is 855 g/mol. The fraction of sp³-hybridized carbons (Fsp3) is 0.920. The quantitative estimate of drug-likeness (QED) is 0.0265. The lowest BCUT2D eigenvalue weighted by Crippen LogP contribution is -2.59. The highest BCUT2D eigenvalue weighted by atomic mass is 16.7. The fourth-order valence-electron chi connectivity index (χ4n) is 7.89. The molecule has 354 valence electrons. The number of esters is 2. The van der Waals surface area contributed by atoms with Gasteiger partial charge in [0.2, 0.25) is 0 Å². The molecule has 0 aliphatic carbocycles. The van der Waals surface area contributed by atoms with Crippen LogP contribution in [-0.2, 0) is 28.5 Å². The van der Waals surface area contributed by atoms with Crippen LogP contribution in [0.15, 0.2) is 12.2 Å². The Hall–Kier alpha value is -1.56. The third-order valence-electron chi connectivity index (χ3n) is 11.9. The number of aliphatic hydroxyl groups excluding tert-OH is 4. The molecule has 0 aromatic heterocycles. The number of allylic oxidation sites excluding steroid dienone is 2. The van der Waals surface area contributed by atoms with Gasteiger partial charge in [0.1, 0.15) is 31.0 Å². The molecule has 0 amide bonds. The van der Waals surface area contributed by atoms with Crippen molar-refractivity contribution in [3.8, 4) is 0 Å². The second-order valence-corrected chi connectivity index (χ2v) is 17.6. The van der Waals surface area contributed by atoms with Crippen molar-refractivity contribution in [1.82, 2.24) is 0 Å². The maximum Gasteiger partial charge on any atom is 0.306 e. The summed E-state index contributed by atoms with van der Waals surface area (Å²) in [6, 6.07) is 0. The number of carbonyl (C=O) groups excluding carboxylic acids is 2. The van der Waals surface area contributed by atoms with Crippen LogP contribution in [0, 0.1) is 0 Å². The van der Waals surface area contributed by atoms with E-state index in [1.54, 1.807) is 0 Å². The van der Waals surface area contributed by atoms with Crippen LogP contribution < -0.4 is 0 Å². The van der Waals surface area contributed by atoms with E-state index in [0.717, 1.165) is 51.4 Å². The Morgan fingerprint density at radius 3 is 1.30 bits per heavy atom. The maximum atomic E-state index is 12.8. The highest BCUT2D eigenvalue weighted by Gasteiger charge is 2.44. The van der Waals surface area contributed by atoms with Crippen LogP contribution in [0.3, 0.4) is 0 Å². The average molecular weight is 855 g/mol. The first-order valence-electron chi connectivity index (χ1n) is 25.3. The standard InChI is InChI=1S/C50H94O10/c1-3-5-7-9-11-13-15-17-19-20-21-22-23-24-25-27-28-30-32-34-36-38-45(52)57-41-43(42-58-50-49(56)48(55)47(54)44(40-51)60-50)59-46(53)39-37-35-33-31-29-26-18-16-14-12-10-8-6-4-2/h16,18,43-44,47-51,54-56H,3-15,17,19-42H2,1-2H3/b18-16-. The van der Waals surface area contributed by atoms with Gasteiger partial charge in [-0.15, -0.1) is 0 Å². The molecule has 1 aliphatic rings. The minimum Gasteiger partial charge on any atom is -0.462 e. The summed E-state index contributed by atoms with van der Waals surface area (Å²) in [5, 5.41) is 40.1. The number of aliphatic hydroxyl groups is 4. The van der Waals surface area contributed by atoms with Gasteiger partial charge in [0.05, 0.1) is 13.2 Å². The Morgan fingerprint density at radius 1 is 0.500 bits per heavy atom. The van der Waals surface area contributed by atoms with Gasteiger partial charge in [-0.3, -0.25) is 9.59 Å². The first-order valence-corrected chi connectivity index (χ1v) is 25.3. The van der Waals surface area contributed by atoms with Crippen LogP contribution in [0.5, 0.6) is 0 Å². The minimum absolute atomic E-state index is 0.215. The van der Waals surface area contributed by atoms with E-state index in [-0.39, 0.29) is 32.0 Å². The average Bonchev–Trinajstić information content (AvgIpc) is 3.25. The zero-order chi connectivity index (χ0) is 43.7. The van der Waals surface area contributed by atoms with E-state index < -0.39 is 49.4 Å². The molecule has 6 unspecified atom stereocenters. The Kier molecular flexibility index (Phi) is 39.0. The van der Waals surface area contributed by atoms with E-state index in [2.05, 4.69) is 26.0 Å². The topological polar surface area (TPSA) is 152 Å².